The number of carbonyl (C=O) groups is 1. The smallest absolute Gasteiger partial charge is 0.236 e. The summed E-state index contributed by atoms with van der Waals surface area (Å²) in [6.45, 7) is 5.12. The molecule has 0 saturated carbocycles. The predicted molar refractivity (Wildman–Crippen MR) is 71.9 cm³/mol. The highest BCUT2D eigenvalue weighted by Crippen LogP contribution is 2.24. The number of aryl methyl sites for hydroxylation is 1. The lowest BCUT2D eigenvalue weighted by molar-refractivity contribution is -0.116. The summed E-state index contributed by atoms with van der Waals surface area (Å²) in [6.07, 6.45) is 2.08. The minimum Gasteiger partial charge on any atom is -0.397 e. The molecule has 1 aromatic carbocycles. The van der Waals surface area contributed by atoms with E-state index in [-0.39, 0.29) is 12.5 Å². The van der Waals surface area contributed by atoms with Gasteiger partial charge in [0.25, 0.3) is 0 Å². The normalized spacial score (nSPS) is 10.2. The Kier molecular flexibility index (Phi) is 4.82. The number of hydrogen-bond acceptors (Lipinski definition) is 3. The summed E-state index contributed by atoms with van der Waals surface area (Å²) >= 11 is 0. The Hall–Kier alpha value is -1.71. The van der Waals surface area contributed by atoms with E-state index in [0.29, 0.717) is 5.69 Å². The second kappa shape index (κ2) is 6.13. The standard InChI is InChI=1S/C13H21N3O/c1-3-4-7-16(9-13(15)17)12-6-5-10(2)8-11(12)14/h5-6,8H,3-4,7,9,14H2,1-2H3,(H2,15,17). The second-order valence-electron chi connectivity index (χ2n) is 4.30. The van der Waals surface area contributed by atoms with Gasteiger partial charge in [0.15, 0.2) is 0 Å². The fraction of sp³-hybridized carbons (Fsp3) is 0.462. The quantitative estimate of drug-likeness (QED) is 0.737. The number of nitrogens with zero attached hydrogens (tertiary/aromatic N) is 1. The average Bonchev–Trinajstić information content (AvgIpc) is 2.24. The van der Waals surface area contributed by atoms with Crippen molar-refractivity contribution in [2.45, 2.75) is 26.7 Å². The van der Waals surface area contributed by atoms with Crippen LogP contribution in [0.5, 0.6) is 0 Å². The SMILES string of the molecule is CCCCN(CC(N)=O)c1ccc(C)cc1N. The first-order valence-corrected chi connectivity index (χ1v) is 5.94. The molecule has 0 heterocycles. The minimum atomic E-state index is -0.332. The van der Waals surface area contributed by atoms with Crippen LogP contribution >= 0.6 is 0 Å². The number of primary amides is 1. The molecular formula is C13H21N3O. The van der Waals surface area contributed by atoms with Gasteiger partial charge in [-0.2, -0.15) is 0 Å². The van der Waals surface area contributed by atoms with Gasteiger partial charge in [0.05, 0.1) is 17.9 Å². The number of rotatable bonds is 6. The van der Waals surface area contributed by atoms with E-state index in [1.54, 1.807) is 0 Å². The number of carbonyl (C=O) groups excluding carboxylic acids is 1. The van der Waals surface area contributed by atoms with Gasteiger partial charge in [-0.3, -0.25) is 4.79 Å². The molecule has 0 bridgehead atoms. The van der Waals surface area contributed by atoms with E-state index in [4.69, 9.17) is 11.5 Å². The fourth-order valence-corrected chi connectivity index (χ4v) is 1.78. The fourth-order valence-electron chi connectivity index (χ4n) is 1.78. The Labute approximate surface area is 103 Å². The molecule has 0 spiro atoms. The molecule has 94 valence electrons. The summed E-state index contributed by atoms with van der Waals surface area (Å²) in [5.74, 6) is -0.332. The summed E-state index contributed by atoms with van der Waals surface area (Å²) in [7, 11) is 0. The molecule has 1 amide bonds. The largest absolute Gasteiger partial charge is 0.397 e. The molecule has 0 atom stereocenters. The molecule has 4 nitrogen and oxygen atoms in total. The van der Waals surface area contributed by atoms with Crippen molar-refractivity contribution in [3.8, 4) is 0 Å². The zero-order valence-corrected chi connectivity index (χ0v) is 10.6. The Morgan fingerprint density at radius 3 is 2.65 bits per heavy atom. The number of anilines is 2. The van der Waals surface area contributed by atoms with E-state index < -0.39 is 0 Å². The summed E-state index contributed by atoms with van der Waals surface area (Å²) in [6, 6.07) is 5.85. The highest BCUT2D eigenvalue weighted by atomic mass is 16.1. The van der Waals surface area contributed by atoms with Gasteiger partial charge in [-0.15, -0.1) is 0 Å². The van der Waals surface area contributed by atoms with Gasteiger partial charge in [0.2, 0.25) is 5.91 Å². The first kappa shape index (κ1) is 13.4. The third-order valence-electron chi connectivity index (χ3n) is 2.65. The van der Waals surface area contributed by atoms with Crippen LogP contribution in [0.4, 0.5) is 11.4 Å². The van der Waals surface area contributed by atoms with Gasteiger partial charge in [-0.05, 0) is 31.0 Å². The van der Waals surface area contributed by atoms with Crippen LogP contribution in [0, 0.1) is 6.92 Å². The highest BCUT2D eigenvalue weighted by molar-refractivity contribution is 5.81. The minimum absolute atomic E-state index is 0.216. The van der Waals surface area contributed by atoms with Crippen LogP contribution in [0.2, 0.25) is 0 Å². The highest BCUT2D eigenvalue weighted by Gasteiger charge is 2.11. The Bertz CT molecular complexity index is 390. The average molecular weight is 235 g/mol. The first-order chi connectivity index (χ1) is 8.04. The lowest BCUT2D eigenvalue weighted by atomic mass is 10.1. The van der Waals surface area contributed by atoms with Crippen molar-refractivity contribution in [2.75, 3.05) is 23.7 Å². The van der Waals surface area contributed by atoms with E-state index in [2.05, 4.69) is 6.92 Å². The molecule has 0 aromatic heterocycles. The number of amides is 1. The van der Waals surface area contributed by atoms with Crippen molar-refractivity contribution in [1.82, 2.24) is 0 Å². The van der Waals surface area contributed by atoms with Gasteiger partial charge in [-0.25, -0.2) is 0 Å². The molecule has 0 aliphatic carbocycles. The number of unbranched alkanes of at least 4 members (excludes halogenated alkanes) is 1. The predicted octanol–water partition coefficient (Wildman–Crippen LogP) is 1.67. The summed E-state index contributed by atoms with van der Waals surface area (Å²) in [4.78, 5) is 13.0. The zero-order valence-electron chi connectivity index (χ0n) is 10.6. The summed E-state index contributed by atoms with van der Waals surface area (Å²) < 4.78 is 0. The maximum absolute atomic E-state index is 11.1. The molecule has 0 fully saturated rings. The molecule has 0 radical (unpaired) electrons. The van der Waals surface area contributed by atoms with Crippen molar-refractivity contribution in [3.63, 3.8) is 0 Å². The topological polar surface area (TPSA) is 72.3 Å². The molecule has 0 aliphatic rings. The molecule has 4 heteroatoms. The van der Waals surface area contributed by atoms with Crippen molar-refractivity contribution in [3.05, 3.63) is 23.8 Å². The van der Waals surface area contributed by atoms with E-state index in [1.165, 1.54) is 0 Å². The van der Waals surface area contributed by atoms with Crippen LogP contribution in [0.15, 0.2) is 18.2 Å². The molecule has 4 N–H and O–H groups in total. The van der Waals surface area contributed by atoms with Crippen molar-refractivity contribution < 1.29 is 4.79 Å². The van der Waals surface area contributed by atoms with Gasteiger partial charge >= 0.3 is 0 Å². The first-order valence-electron chi connectivity index (χ1n) is 5.94. The lowest BCUT2D eigenvalue weighted by Crippen LogP contribution is -2.35. The molecule has 1 aromatic rings. The molecule has 0 unspecified atom stereocenters. The number of hydrogen-bond donors (Lipinski definition) is 2. The van der Waals surface area contributed by atoms with Crippen molar-refractivity contribution in [2.24, 2.45) is 5.73 Å². The van der Waals surface area contributed by atoms with Crippen molar-refractivity contribution in [1.29, 1.82) is 0 Å². The van der Waals surface area contributed by atoms with Gasteiger partial charge in [0.1, 0.15) is 0 Å². The maximum atomic E-state index is 11.1. The monoisotopic (exact) mass is 235 g/mol. The zero-order chi connectivity index (χ0) is 12.8. The summed E-state index contributed by atoms with van der Waals surface area (Å²) in [5, 5.41) is 0. The van der Waals surface area contributed by atoms with Crippen LogP contribution in [-0.4, -0.2) is 19.0 Å². The van der Waals surface area contributed by atoms with E-state index >= 15 is 0 Å². The third-order valence-corrected chi connectivity index (χ3v) is 2.65. The number of benzene rings is 1. The van der Waals surface area contributed by atoms with Crippen LogP contribution < -0.4 is 16.4 Å². The van der Waals surface area contributed by atoms with E-state index in [9.17, 15) is 4.79 Å². The van der Waals surface area contributed by atoms with Crippen molar-refractivity contribution >= 4 is 17.3 Å². The summed E-state index contributed by atoms with van der Waals surface area (Å²) in [5.41, 5.74) is 13.9. The third kappa shape index (κ3) is 3.98. The van der Waals surface area contributed by atoms with Gasteiger partial charge in [-0.1, -0.05) is 19.4 Å². The van der Waals surface area contributed by atoms with Gasteiger partial charge in [0, 0.05) is 6.54 Å². The Morgan fingerprint density at radius 2 is 2.12 bits per heavy atom. The number of nitrogens with two attached hydrogens (primary N) is 2. The number of nitrogen functional groups attached to an aromatic ring is 1. The molecular weight excluding hydrogens is 214 g/mol. The van der Waals surface area contributed by atoms with Crippen LogP contribution in [0.25, 0.3) is 0 Å². The molecule has 17 heavy (non-hydrogen) atoms. The van der Waals surface area contributed by atoms with E-state index in [1.807, 2.05) is 30.0 Å². The van der Waals surface area contributed by atoms with Crippen LogP contribution in [-0.2, 0) is 4.79 Å². The second-order valence-corrected chi connectivity index (χ2v) is 4.30. The maximum Gasteiger partial charge on any atom is 0.236 e. The Balaban J connectivity index is 2.90. The lowest BCUT2D eigenvalue weighted by Gasteiger charge is -2.24. The molecule has 0 saturated heterocycles. The molecule has 1 rings (SSSR count). The van der Waals surface area contributed by atoms with E-state index in [0.717, 1.165) is 30.6 Å². The molecule has 0 aliphatic heterocycles. The van der Waals surface area contributed by atoms with Crippen LogP contribution in [0.3, 0.4) is 0 Å². The Morgan fingerprint density at radius 1 is 1.41 bits per heavy atom. The van der Waals surface area contributed by atoms with Crippen LogP contribution in [0.1, 0.15) is 25.3 Å². The van der Waals surface area contributed by atoms with Gasteiger partial charge < -0.3 is 16.4 Å².